The van der Waals surface area contributed by atoms with Crippen LogP contribution >= 0.6 is 0 Å². The Morgan fingerprint density at radius 2 is 0.528 bits per heavy atom. The van der Waals surface area contributed by atoms with E-state index >= 15 is 0 Å². The first-order valence-electron chi connectivity index (χ1n) is 36.9. The van der Waals surface area contributed by atoms with E-state index < -0.39 is 0 Å². The van der Waals surface area contributed by atoms with Crippen molar-refractivity contribution in [3.05, 3.63) is 352 Å². The summed E-state index contributed by atoms with van der Waals surface area (Å²) in [5.41, 5.74) is 30.3. The molecule has 8 heteroatoms. The van der Waals surface area contributed by atoms with Crippen LogP contribution in [0.2, 0.25) is 0 Å². The van der Waals surface area contributed by atoms with E-state index in [1.54, 1.807) is 0 Å². The Hall–Kier alpha value is -14.6. The molecule has 0 atom stereocenters. The molecule has 0 saturated heterocycles. The molecule has 2 aliphatic rings. The number of nitrogens with zero attached hydrogens (tertiary/aromatic N) is 8. The molecule has 0 radical (unpaired) electrons. The van der Waals surface area contributed by atoms with E-state index in [0.29, 0.717) is 11.6 Å². The zero-order valence-corrected chi connectivity index (χ0v) is 58.1. The molecule has 6 aromatic heterocycles. The fraction of sp³-hybridized carbons (Fsp3) is 0. The number of hydrogen-bond donors (Lipinski definition) is 0. The number of benzene rings is 16. The van der Waals surface area contributed by atoms with E-state index in [0.717, 1.165) is 145 Å². The normalized spacial score (nSPS) is 12.3. The van der Waals surface area contributed by atoms with Crippen molar-refractivity contribution < 1.29 is 0 Å². The van der Waals surface area contributed by atoms with Gasteiger partial charge in [-0.15, -0.1) is 0 Å². The van der Waals surface area contributed by atoms with Gasteiger partial charge in [-0.05, 0) is 159 Å². The molecule has 0 bridgehead atoms. The van der Waals surface area contributed by atoms with Gasteiger partial charge < -0.3 is 18.3 Å². The highest BCUT2D eigenvalue weighted by Gasteiger charge is 2.32. The van der Waals surface area contributed by atoms with Crippen LogP contribution in [-0.4, -0.2) is 38.2 Å². The van der Waals surface area contributed by atoms with Crippen molar-refractivity contribution in [3.8, 4) is 124 Å². The van der Waals surface area contributed by atoms with Gasteiger partial charge in [0.25, 0.3) is 0 Å². The van der Waals surface area contributed by atoms with E-state index in [2.05, 4.69) is 364 Å². The molecule has 498 valence electrons. The molecule has 0 spiro atoms. The number of aromatic nitrogens is 8. The molecule has 8 nitrogen and oxygen atoms in total. The number of para-hydroxylation sites is 5. The summed E-state index contributed by atoms with van der Waals surface area (Å²) in [6.45, 7) is 0. The first kappa shape index (κ1) is 58.9. The van der Waals surface area contributed by atoms with E-state index in [9.17, 15) is 0 Å². The molecule has 2 aliphatic carbocycles. The molecule has 0 N–H and O–H groups in total. The van der Waals surface area contributed by atoms with Gasteiger partial charge >= 0.3 is 0 Å². The standard InChI is InChI=1S/C100H58N8/c1-3-20-60(21-4-1)95-94-79-33-19-26-65-54-66(56-82(92(65)79)98(94)104-100(101-95)63-42-47-68(48-43-63)106-84-36-13-10-30-74(84)76-51-49-69(57-89(76)106)107-85-37-14-7-27-71(85)72-28-8-15-38-86(72)107)64-44-53-88-81(55-64)75-31-11-16-39-87(75)108(88)70-50-52-77-73-29-9-12-35-83(73)105(90(77)58-70)67-45-40-61(41-46-67)96-93-78-32-17-24-59-25-18-34-80(91(59)78)97(93)103-99(102-96)62-22-5-2-6-23-62/h1-58H. The van der Waals surface area contributed by atoms with Gasteiger partial charge in [0.2, 0.25) is 0 Å². The van der Waals surface area contributed by atoms with E-state index in [1.165, 1.54) is 75.8 Å². The molecule has 0 fully saturated rings. The minimum Gasteiger partial charge on any atom is -0.309 e. The molecule has 0 unspecified atom stereocenters. The van der Waals surface area contributed by atoms with Crippen LogP contribution in [0.1, 0.15) is 0 Å². The van der Waals surface area contributed by atoms with Crippen molar-refractivity contribution in [1.82, 2.24) is 38.2 Å². The maximum atomic E-state index is 5.68. The van der Waals surface area contributed by atoms with Crippen molar-refractivity contribution in [1.29, 1.82) is 0 Å². The van der Waals surface area contributed by atoms with Crippen LogP contribution in [0.4, 0.5) is 0 Å². The summed E-state index contributed by atoms with van der Waals surface area (Å²) in [4.78, 5) is 22.0. The van der Waals surface area contributed by atoms with Gasteiger partial charge in [0.15, 0.2) is 11.6 Å². The zero-order valence-electron chi connectivity index (χ0n) is 58.1. The first-order valence-corrected chi connectivity index (χ1v) is 36.9. The Kier molecular flexibility index (Phi) is 12.2. The third kappa shape index (κ3) is 8.45. The molecular weight excluding hydrogens is 1310 g/mol. The molecule has 22 aromatic rings. The van der Waals surface area contributed by atoms with Crippen LogP contribution in [0.3, 0.4) is 0 Å². The summed E-state index contributed by atoms with van der Waals surface area (Å²) < 4.78 is 9.69. The molecule has 0 amide bonds. The summed E-state index contributed by atoms with van der Waals surface area (Å²) in [5, 5.41) is 14.4. The van der Waals surface area contributed by atoms with Crippen LogP contribution in [-0.2, 0) is 0 Å². The summed E-state index contributed by atoms with van der Waals surface area (Å²) in [6.07, 6.45) is 0. The Bertz CT molecular complexity index is 7590. The molecule has 0 aliphatic heterocycles. The third-order valence-corrected chi connectivity index (χ3v) is 23.0. The molecular formula is C100H58N8. The van der Waals surface area contributed by atoms with Crippen LogP contribution in [0.25, 0.3) is 233 Å². The van der Waals surface area contributed by atoms with Crippen molar-refractivity contribution in [2.45, 2.75) is 0 Å². The Morgan fingerprint density at radius 1 is 0.176 bits per heavy atom. The van der Waals surface area contributed by atoms with Crippen LogP contribution in [0.15, 0.2) is 352 Å². The molecule has 0 saturated carbocycles. The highest BCUT2D eigenvalue weighted by molar-refractivity contribution is 6.21. The Morgan fingerprint density at radius 3 is 1.04 bits per heavy atom. The summed E-state index contributed by atoms with van der Waals surface area (Å²) in [7, 11) is 0. The van der Waals surface area contributed by atoms with Crippen molar-refractivity contribution in [2.75, 3.05) is 0 Å². The molecule has 6 heterocycles. The quantitative estimate of drug-likeness (QED) is 0.144. The molecule has 108 heavy (non-hydrogen) atoms. The summed E-state index contributed by atoms with van der Waals surface area (Å²) >= 11 is 0. The van der Waals surface area contributed by atoms with E-state index in [4.69, 9.17) is 19.9 Å². The van der Waals surface area contributed by atoms with Gasteiger partial charge in [-0.3, -0.25) is 0 Å². The topological polar surface area (TPSA) is 71.3 Å². The van der Waals surface area contributed by atoms with Crippen molar-refractivity contribution in [2.24, 2.45) is 0 Å². The minimum absolute atomic E-state index is 0.677. The summed E-state index contributed by atoms with van der Waals surface area (Å²) in [5.74, 6) is 1.39. The highest BCUT2D eigenvalue weighted by atomic mass is 15.0. The summed E-state index contributed by atoms with van der Waals surface area (Å²) in [6, 6.07) is 128. The second kappa shape index (κ2) is 22.5. The highest BCUT2D eigenvalue weighted by Crippen LogP contribution is 2.54. The van der Waals surface area contributed by atoms with Crippen molar-refractivity contribution in [3.63, 3.8) is 0 Å². The van der Waals surface area contributed by atoms with Gasteiger partial charge in [0.05, 0.1) is 66.9 Å². The minimum atomic E-state index is 0.677. The monoisotopic (exact) mass is 1370 g/mol. The fourth-order valence-electron chi connectivity index (χ4n) is 18.3. The predicted octanol–water partition coefficient (Wildman–Crippen LogP) is 25.6. The van der Waals surface area contributed by atoms with Gasteiger partial charge in [-0.25, -0.2) is 19.9 Å². The smallest absolute Gasteiger partial charge is 0.160 e. The number of rotatable bonds is 9. The first-order chi connectivity index (χ1) is 53.6. The maximum absolute atomic E-state index is 5.68. The number of fused-ring (bicyclic) bond motifs is 18. The maximum Gasteiger partial charge on any atom is 0.160 e. The fourth-order valence-corrected chi connectivity index (χ4v) is 18.3. The van der Waals surface area contributed by atoms with Gasteiger partial charge in [0, 0.05) is 110 Å². The van der Waals surface area contributed by atoms with E-state index in [-0.39, 0.29) is 0 Å². The third-order valence-electron chi connectivity index (χ3n) is 23.0. The van der Waals surface area contributed by atoms with Gasteiger partial charge in [-0.2, -0.15) is 0 Å². The van der Waals surface area contributed by atoms with Crippen molar-refractivity contribution >= 4 is 109 Å². The average Bonchev–Trinajstić information content (AvgIpc) is 1.57. The lowest BCUT2D eigenvalue weighted by atomic mass is 9.96. The largest absolute Gasteiger partial charge is 0.309 e. The van der Waals surface area contributed by atoms with Gasteiger partial charge in [0.1, 0.15) is 0 Å². The number of hydrogen-bond acceptors (Lipinski definition) is 4. The zero-order chi connectivity index (χ0) is 70.4. The van der Waals surface area contributed by atoms with Crippen LogP contribution in [0, 0.1) is 0 Å². The second-order valence-corrected chi connectivity index (χ2v) is 28.8. The molecule has 24 rings (SSSR count). The van der Waals surface area contributed by atoms with Crippen LogP contribution in [0.5, 0.6) is 0 Å². The SMILES string of the molecule is c1ccc(-c2nc(-c3ccc(-n4c5ccccc5c5ccc(-n6c7ccccc7c7cc(-c8cc9c%10c(cccc%10c8)-c8c(-c%10ccccc%10)nc(-c%10ccc(-n%11c%12ccccc%12c%12ccc(-n%13c%14ccccc%14c%14ccccc%14%13)cc%12%11)cc%10)nc8-9)ccc76)cc54)cc3)c3c(n2)-c2cccc4cccc-3c24)cc1. The van der Waals surface area contributed by atoms with E-state index in [1.807, 2.05) is 6.07 Å². The average molecular weight is 1370 g/mol. The lowest BCUT2D eigenvalue weighted by Crippen LogP contribution is -1.99. The van der Waals surface area contributed by atoms with Gasteiger partial charge in [-0.1, -0.05) is 237 Å². The predicted molar refractivity (Wildman–Crippen MR) is 446 cm³/mol. The Balaban J connectivity index is 0.612. The molecule has 16 aromatic carbocycles. The Labute approximate surface area is 618 Å². The second-order valence-electron chi connectivity index (χ2n) is 28.8. The van der Waals surface area contributed by atoms with Crippen LogP contribution < -0.4 is 0 Å². The lowest BCUT2D eigenvalue weighted by molar-refractivity contribution is 1.15. The lowest BCUT2D eigenvalue weighted by Gasteiger charge is -2.14.